The minimum atomic E-state index is -0.133. The molecule has 0 spiro atoms. The minimum absolute atomic E-state index is 0.0640. The lowest BCUT2D eigenvalue weighted by Gasteiger charge is -2.32. The third kappa shape index (κ3) is 5.05. The molecular formula is C17H25NO3. The van der Waals surface area contributed by atoms with Gasteiger partial charge >= 0.3 is 0 Å². The van der Waals surface area contributed by atoms with Crippen LogP contribution in [0.5, 0.6) is 5.75 Å². The van der Waals surface area contributed by atoms with E-state index in [2.05, 4.69) is 19.2 Å². The maximum absolute atomic E-state index is 12.1. The Morgan fingerprint density at radius 3 is 2.76 bits per heavy atom. The number of phenols is 1. The van der Waals surface area contributed by atoms with E-state index in [0.717, 1.165) is 32.5 Å². The first-order chi connectivity index (χ1) is 9.96. The molecule has 1 fully saturated rings. The van der Waals surface area contributed by atoms with Crippen LogP contribution < -0.4 is 5.32 Å². The van der Waals surface area contributed by atoms with E-state index in [-0.39, 0.29) is 17.1 Å². The average molecular weight is 291 g/mol. The van der Waals surface area contributed by atoms with Crippen molar-refractivity contribution in [2.45, 2.75) is 33.1 Å². The summed E-state index contributed by atoms with van der Waals surface area (Å²) in [5.41, 5.74) is 0.561. The first-order valence-corrected chi connectivity index (χ1v) is 7.61. The molecule has 1 aromatic rings. The summed E-state index contributed by atoms with van der Waals surface area (Å²) in [6.07, 6.45) is 3.32. The van der Waals surface area contributed by atoms with Gasteiger partial charge in [0.1, 0.15) is 5.75 Å². The second-order valence-corrected chi connectivity index (χ2v) is 6.66. The maximum Gasteiger partial charge on any atom is 0.251 e. The number of hydrogen-bond acceptors (Lipinski definition) is 3. The smallest absolute Gasteiger partial charge is 0.251 e. The predicted octanol–water partition coefficient (Wildman–Crippen LogP) is 2.96. The second-order valence-electron chi connectivity index (χ2n) is 6.66. The highest BCUT2D eigenvalue weighted by molar-refractivity contribution is 5.94. The third-order valence-electron chi connectivity index (χ3n) is 4.02. The van der Waals surface area contributed by atoms with Gasteiger partial charge < -0.3 is 15.2 Å². The molecule has 2 rings (SSSR count). The molecule has 1 saturated heterocycles. The van der Waals surface area contributed by atoms with Gasteiger partial charge in [0, 0.05) is 25.3 Å². The fraction of sp³-hybridized carbons (Fsp3) is 0.588. The lowest BCUT2D eigenvalue weighted by Crippen LogP contribution is -2.36. The van der Waals surface area contributed by atoms with Gasteiger partial charge in [-0.2, -0.15) is 0 Å². The van der Waals surface area contributed by atoms with Gasteiger partial charge in [0.15, 0.2) is 0 Å². The number of ether oxygens (including phenoxy) is 1. The highest BCUT2D eigenvalue weighted by atomic mass is 16.5. The molecule has 1 amide bonds. The molecule has 0 aromatic heterocycles. The van der Waals surface area contributed by atoms with Crippen molar-refractivity contribution in [1.82, 2.24) is 5.32 Å². The Balaban J connectivity index is 1.84. The summed E-state index contributed by atoms with van der Waals surface area (Å²) in [6.45, 7) is 6.72. The average Bonchev–Trinajstić information content (AvgIpc) is 2.45. The van der Waals surface area contributed by atoms with Gasteiger partial charge in [0.05, 0.1) is 0 Å². The summed E-state index contributed by atoms with van der Waals surface area (Å²) in [5.74, 6) is 0.668. The van der Waals surface area contributed by atoms with Crippen molar-refractivity contribution in [3.05, 3.63) is 29.8 Å². The Hall–Kier alpha value is -1.55. The molecule has 0 aliphatic carbocycles. The SMILES string of the molecule is CC(C)(CNC(=O)c1cccc(O)c1)CC1CCOCC1. The van der Waals surface area contributed by atoms with Crippen LogP contribution in [0.2, 0.25) is 0 Å². The van der Waals surface area contributed by atoms with E-state index in [1.54, 1.807) is 18.2 Å². The fourth-order valence-corrected chi connectivity index (χ4v) is 2.87. The molecule has 0 atom stereocenters. The number of nitrogens with one attached hydrogen (secondary N) is 1. The van der Waals surface area contributed by atoms with Crippen LogP contribution in [0.1, 0.15) is 43.5 Å². The van der Waals surface area contributed by atoms with Crippen molar-refractivity contribution < 1.29 is 14.6 Å². The van der Waals surface area contributed by atoms with Gasteiger partial charge in [0.2, 0.25) is 0 Å². The number of carbonyl (C=O) groups is 1. The molecule has 1 heterocycles. The molecule has 0 unspecified atom stereocenters. The van der Waals surface area contributed by atoms with Gasteiger partial charge in [-0.25, -0.2) is 0 Å². The number of benzene rings is 1. The molecule has 4 heteroatoms. The van der Waals surface area contributed by atoms with E-state index in [4.69, 9.17) is 4.74 Å². The summed E-state index contributed by atoms with van der Waals surface area (Å²) >= 11 is 0. The summed E-state index contributed by atoms with van der Waals surface area (Å²) in [6, 6.07) is 6.44. The Kier molecular flexibility index (Phi) is 5.23. The third-order valence-corrected chi connectivity index (χ3v) is 4.02. The van der Waals surface area contributed by atoms with Crippen molar-refractivity contribution in [2.24, 2.45) is 11.3 Å². The van der Waals surface area contributed by atoms with Crippen molar-refractivity contribution in [2.75, 3.05) is 19.8 Å². The highest BCUT2D eigenvalue weighted by Crippen LogP contribution is 2.30. The fourth-order valence-electron chi connectivity index (χ4n) is 2.87. The summed E-state index contributed by atoms with van der Waals surface area (Å²) in [7, 11) is 0. The first kappa shape index (κ1) is 15.8. The number of aromatic hydroxyl groups is 1. The van der Waals surface area contributed by atoms with Gasteiger partial charge in [0.25, 0.3) is 5.91 Å². The number of carbonyl (C=O) groups excluding carboxylic acids is 1. The molecule has 4 nitrogen and oxygen atoms in total. The van der Waals surface area contributed by atoms with E-state index in [1.165, 1.54) is 6.07 Å². The van der Waals surface area contributed by atoms with E-state index >= 15 is 0 Å². The van der Waals surface area contributed by atoms with Crippen LogP contribution in [0.3, 0.4) is 0 Å². The molecule has 0 radical (unpaired) electrons. The standard InChI is InChI=1S/C17H25NO3/c1-17(2,11-13-6-8-21-9-7-13)12-18-16(20)14-4-3-5-15(19)10-14/h3-5,10,13,19H,6-9,11-12H2,1-2H3,(H,18,20). The molecule has 21 heavy (non-hydrogen) atoms. The first-order valence-electron chi connectivity index (χ1n) is 7.61. The van der Waals surface area contributed by atoms with Crippen LogP contribution >= 0.6 is 0 Å². The number of phenolic OH excluding ortho intramolecular Hbond substituents is 1. The van der Waals surface area contributed by atoms with Crippen LogP contribution in [0.4, 0.5) is 0 Å². The van der Waals surface area contributed by atoms with Gasteiger partial charge in [-0.05, 0) is 48.8 Å². The van der Waals surface area contributed by atoms with Crippen LogP contribution in [0.15, 0.2) is 24.3 Å². The molecule has 1 aromatic carbocycles. The van der Waals surface area contributed by atoms with E-state index in [9.17, 15) is 9.90 Å². The Labute approximate surface area is 126 Å². The molecule has 1 aliphatic rings. The number of amides is 1. The number of hydrogen-bond donors (Lipinski definition) is 2. The zero-order valence-corrected chi connectivity index (χ0v) is 12.9. The largest absolute Gasteiger partial charge is 0.508 e. The topological polar surface area (TPSA) is 58.6 Å². The van der Waals surface area contributed by atoms with Crippen molar-refractivity contribution >= 4 is 5.91 Å². The zero-order valence-electron chi connectivity index (χ0n) is 12.9. The Morgan fingerprint density at radius 1 is 1.38 bits per heavy atom. The second kappa shape index (κ2) is 6.94. The summed E-state index contributed by atoms with van der Waals surface area (Å²) in [4.78, 5) is 12.1. The zero-order chi connectivity index (χ0) is 15.3. The van der Waals surface area contributed by atoms with Gasteiger partial charge in [-0.3, -0.25) is 4.79 Å². The molecular weight excluding hydrogens is 266 g/mol. The van der Waals surface area contributed by atoms with E-state index < -0.39 is 0 Å². The molecule has 1 aliphatic heterocycles. The van der Waals surface area contributed by atoms with Crippen LogP contribution in [-0.4, -0.2) is 30.8 Å². The summed E-state index contributed by atoms with van der Waals surface area (Å²) in [5, 5.41) is 12.4. The maximum atomic E-state index is 12.1. The number of rotatable bonds is 5. The quantitative estimate of drug-likeness (QED) is 0.877. The predicted molar refractivity (Wildman–Crippen MR) is 82.4 cm³/mol. The molecule has 0 saturated carbocycles. The summed E-state index contributed by atoms with van der Waals surface area (Å²) < 4.78 is 5.39. The van der Waals surface area contributed by atoms with E-state index in [0.29, 0.717) is 18.0 Å². The lowest BCUT2D eigenvalue weighted by molar-refractivity contribution is 0.0507. The Bertz CT molecular complexity index is 479. The lowest BCUT2D eigenvalue weighted by atomic mass is 9.79. The van der Waals surface area contributed by atoms with Crippen LogP contribution in [0, 0.1) is 11.3 Å². The van der Waals surface area contributed by atoms with Crippen molar-refractivity contribution in [3.63, 3.8) is 0 Å². The molecule has 2 N–H and O–H groups in total. The van der Waals surface area contributed by atoms with Gasteiger partial charge in [-0.1, -0.05) is 19.9 Å². The van der Waals surface area contributed by atoms with Crippen molar-refractivity contribution in [3.8, 4) is 5.75 Å². The van der Waals surface area contributed by atoms with Crippen LogP contribution in [0.25, 0.3) is 0 Å². The van der Waals surface area contributed by atoms with Crippen molar-refractivity contribution in [1.29, 1.82) is 0 Å². The highest BCUT2D eigenvalue weighted by Gasteiger charge is 2.25. The Morgan fingerprint density at radius 2 is 2.10 bits per heavy atom. The molecule has 0 bridgehead atoms. The van der Waals surface area contributed by atoms with Crippen LogP contribution in [-0.2, 0) is 4.74 Å². The van der Waals surface area contributed by atoms with Gasteiger partial charge in [-0.15, -0.1) is 0 Å². The van der Waals surface area contributed by atoms with E-state index in [1.807, 2.05) is 0 Å². The minimum Gasteiger partial charge on any atom is -0.508 e. The normalized spacial score (nSPS) is 16.7. The monoisotopic (exact) mass is 291 g/mol. The molecule has 116 valence electrons.